The summed E-state index contributed by atoms with van der Waals surface area (Å²) >= 11 is 0. The Hall–Kier alpha value is -2.82. The van der Waals surface area contributed by atoms with E-state index in [1.165, 1.54) is 51.2 Å². The maximum atomic E-state index is 14.0. The van der Waals surface area contributed by atoms with Gasteiger partial charge >= 0.3 is 5.97 Å². The Bertz CT molecular complexity index is 863. The lowest BCUT2D eigenvalue weighted by Gasteiger charge is -2.13. The van der Waals surface area contributed by atoms with E-state index >= 15 is 0 Å². The lowest BCUT2D eigenvalue weighted by molar-refractivity contribution is -0.141. The van der Waals surface area contributed by atoms with Crippen molar-refractivity contribution in [1.29, 1.82) is 0 Å². The van der Waals surface area contributed by atoms with E-state index in [9.17, 15) is 9.18 Å². The van der Waals surface area contributed by atoms with Crippen molar-refractivity contribution in [3.8, 4) is 22.6 Å². The summed E-state index contributed by atoms with van der Waals surface area (Å²) in [6.45, 7) is 8.63. The molecule has 0 amide bonds. The van der Waals surface area contributed by atoms with Crippen LogP contribution in [0.3, 0.4) is 0 Å². The average Bonchev–Trinajstić information content (AvgIpc) is 2.91. The van der Waals surface area contributed by atoms with E-state index in [-0.39, 0.29) is 5.92 Å². The van der Waals surface area contributed by atoms with Crippen LogP contribution in [-0.4, -0.2) is 25.4 Å². The quantitative estimate of drug-likeness (QED) is 0.0841. The number of benzene rings is 2. The third-order valence-corrected chi connectivity index (χ3v) is 6.42. The highest BCUT2D eigenvalue weighted by Crippen LogP contribution is 2.25. The van der Waals surface area contributed by atoms with Gasteiger partial charge in [0.25, 0.3) is 0 Å². The average molecular weight is 499 g/mol. The number of hydrogen-bond donors (Lipinski definition) is 0. The van der Waals surface area contributed by atoms with Gasteiger partial charge in [0.1, 0.15) is 11.5 Å². The molecule has 0 heterocycles. The van der Waals surface area contributed by atoms with Crippen LogP contribution in [0.2, 0.25) is 0 Å². The molecule has 0 spiro atoms. The fourth-order valence-corrected chi connectivity index (χ4v) is 3.87. The molecule has 36 heavy (non-hydrogen) atoms. The van der Waals surface area contributed by atoms with E-state index in [1.807, 2.05) is 43.3 Å². The van der Waals surface area contributed by atoms with Gasteiger partial charge in [-0.1, -0.05) is 96.1 Å². The first kappa shape index (κ1) is 29.4. The molecular weight excluding hydrogens is 455 g/mol. The normalized spacial score (nSPS) is 12.5. The molecule has 5 heteroatoms. The zero-order valence-electron chi connectivity index (χ0n) is 22.1. The monoisotopic (exact) mass is 498 g/mol. The largest absolute Gasteiger partial charge is 0.502 e. The number of ether oxygens (including phenoxy) is 3. The van der Waals surface area contributed by atoms with E-state index in [0.717, 1.165) is 42.9 Å². The molecule has 0 saturated heterocycles. The highest BCUT2D eigenvalue weighted by atomic mass is 19.1. The first-order chi connectivity index (χ1) is 17.5. The summed E-state index contributed by atoms with van der Waals surface area (Å²) in [5.74, 6) is 0.0271. The zero-order chi connectivity index (χ0) is 26.0. The van der Waals surface area contributed by atoms with E-state index in [0.29, 0.717) is 12.2 Å². The minimum atomic E-state index is -1.61. The first-order valence-corrected chi connectivity index (χ1v) is 13.5. The number of unbranched alkanes of at least 4 members (excludes halogenated alkanes) is 8. The molecule has 0 unspecified atom stereocenters. The Morgan fingerprint density at radius 3 is 1.78 bits per heavy atom. The summed E-state index contributed by atoms with van der Waals surface area (Å²) in [6, 6.07) is 15.1. The second kappa shape index (κ2) is 17.6. The van der Waals surface area contributed by atoms with Gasteiger partial charge in [-0.2, -0.15) is 0 Å². The third-order valence-electron chi connectivity index (χ3n) is 6.42. The lowest BCUT2D eigenvalue weighted by Crippen LogP contribution is -2.27. The maximum absolute atomic E-state index is 14.0. The van der Waals surface area contributed by atoms with Crippen molar-refractivity contribution < 1.29 is 23.4 Å². The van der Waals surface area contributed by atoms with E-state index in [2.05, 4.69) is 6.58 Å². The van der Waals surface area contributed by atoms with Crippen LogP contribution in [0, 0.1) is 5.92 Å². The zero-order valence-corrected chi connectivity index (χ0v) is 22.1. The molecule has 198 valence electrons. The SMILES string of the molecule is C=COCCCCCCCCCCCOc1ccc(-c2ccc(OC(=O)[C@H](F)[C@@H](C)CC)cc2)cc1. The van der Waals surface area contributed by atoms with E-state index in [4.69, 9.17) is 14.2 Å². The third kappa shape index (κ3) is 11.3. The number of rotatable bonds is 19. The maximum Gasteiger partial charge on any atom is 0.346 e. The second-order valence-electron chi connectivity index (χ2n) is 9.33. The summed E-state index contributed by atoms with van der Waals surface area (Å²) in [5.41, 5.74) is 2.03. The predicted octanol–water partition coefficient (Wildman–Crippen LogP) is 8.69. The van der Waals surface area contributed by atoms with Gasteiger partial charge in [0.2, 0.25) is 0 Å². The van der Waals surface area contributed by atoms with Crippen LogP contribution >= 0.6 is 0 Å². The summed E-state index contributed by atoms with van der Waals surface area (Å²) in [6.07, 6.45) is 11.6. The van der Waals surface area contributed by atoms with Gasteiger partial charge in [0.15, 0.2) is 6.17 Å². The van der Waals surface area contributed by atoms with Crippen molar-refractivity contribution in [3.05, 3.63) is 61.4 Å². The van der Waals surface area contributed by atoms with Crippen LogP contribution in [0.25, 0.3) is 11.1 Å². The molecular formula is C31H43FO4. The molecule has 0 saturated carbocycles. The minimum absolute atomic E-state index is 0.351. The molecule has 0 aromatic heterocycles. The molecule has 2 rings (SSSR count). The van der Waals surface area contributed by atoms with Crippen molar-refractivity contribution in [2.24, 2.45) is 5.92 Å². The Morgan fingerprint density at radius 1 is 0.806 bits per heavy atom. The number of alkyl halides is 1. The van der Waals surface area contributed by atoms with Gasteiger partial charge in [-0.25, -0.2) is 9.18 Å². The Labute approximate surface area is 216 Å². The fourth-order valence-electron chi connectivity index (χ4n) is 3.87. The lowest BCUT2D eigenvalue weighted by atomic mass is 10.0. The highest BCUT2D eigenvalue weighted by molar-refractivity contribution is 5.77. The minimum Gasteiger partial charge on any atom is -0.502 e. The molecule has 0 bridgehead atoms. The molecule has 2 aromatic carbocycles. The standard InChI is InChI=1S/C31H43FO4/c1-4-25(3)30(32)31(33)36-29-21-17-27(18-22-29)26-15-19-28(20-16-26)35-24-14-12-10-8-6-7-9-11-13-23-34-5-2/h5,15-22,25,30H,2,4,6-14,23-24H2,1,3H3/t25-,30+/m0/s1. The van der Waals surface area contributed by atoms with Gasteiger partial charge < -0.3 is 14.2 Å². The molecule has 0 aliphatic carbocycles. The van der Waals surface area contributed by atoms with Crippen LogP contribution in [0.5, 0.6) is 11.5 Å². The van der Waals surface area contributed by atoms with Gasteiger partial charge in [0.05, 0.1) is 19.5 Å². The topological polar surface area (TPSA) is 44.8 Å². The van der Waals surface area contributed by atoms with Crippen molar-refractivity contribution in [2.45, 2.75) is 84.2 Å². The summed E-state index contributed by atoms with van der Waals surface area (Å²) < 4.78 is 30.2. The van der Waals surface area contributed by atoms with E-state index in [1.54, 1.807) is 19.1 Å². The molecule has 2 aromatic rings. The molecule has 0 radical (unpaired) electrons. The number of carbonyl (C=O) groups is 1. The molecule has 2 atom stereocenters. The van der Waals surface area contributed by atoms with Gasteiger partial charge in [-0.05, 0) is 54.2 Å². The van der Waals surface area contributed by atoms with Crippen molar-refractivity contribution in [2.75, 3.05) is 13.2 Å². The molecule has 0 fully saturated rings. The smallest absolute Gasteiger partial charge is 0.346 e. The van der Waals surface area contributed by atoms with E-state index < -0.39 is 12.1 Å². The molecule has 0 aliphatic rings. The Balaban J connectivity index is 1.61. The highest BCUT2D eigenvalue weighted by Gasteiger charge is 2.25. The van der Waals surface area contributed by atoms with Crippen LogP contribution in [0.4, 0.5) is 4.39 Å². The van der Waals surface area contributed by atoms with Crippen LogP contribution in [0.1, 0.15) is 78.1 Å². The number of carbonyl (C=O) groups excluding carboxylic acids is 1. The van der Waals surface area contributed by atoms with Gasteiger partial charge in [-0.15, -0.1) is 0 Å². The molecule has 4 nitrogen and oxygen atoms in total. The fraction of sp³-hybridized carbons (Fsp3) is 0.516. The summed E-state index contributed by atoms with van der Waals surface area (Å²) in [7, 11) is 0. The van der Waals surface area contributed by atoms with Crippen LogP contribution < -0.4 is 9.47 Å². The predicted molar refractivity (Wildman–Crippen MR) is 145 cm³/mol. The number of esters is 1. The molecule has 0 N–H and O–H groups in total. The number of hydrogen-bond acceptors (Lipinski definition) is 4. The van der Waals surface area contributed by atoms with Crippen LogP contribution in [0.15, 0.2) is 61.4 Å². The van der Waals surface area contributed by atoms with Gasteiger partial charge in [-0.3, -0.25) is 0 Å². The first-order valence-electron chi connectivity index (χ1n) is 13.5. The Morgan fingerprint density at radius 2 is 1.28 bits per heavy atom. The second-order valence-corrected chi connectivity index (χ2v) is 9.33. The van der Waals surface area contributed by atoms with Crippen LogP contribution in [-0.2, 0) is 9.53 Å². The summed E-state index contributed by atoms with van der Waals surface area (Å²) in [5, 5.41) is 0. The van der Waals surface area contributed by atoms with Crippen molar-refractivity contribution in [1.82, 2.24) is 0 Å². The Kier molecular flexibility index (Phi) is 14.4. The summed E-state index contributed by atoms with van der Waals surface area (Å²) in [4.78, 5) is 11.9. The van der Waals surface area contributed by atoms with Crippen molar-refractivity contribution in [3.63, 3.8) is 0 Å². The van der Waals surface area contributed by atoms with Crippen molar-refractivity contribution >= 4 is 5.97 Å². The molecule has 0 aliphatic heterocycles. The number of halogens is 1. The van der Waals surface area contributed by atoms with Gasteiger partial charge in [0, 0.05) is 0 Å².